The van der Waals surface area contributed by atoms with Crippen LogP contribution in [0.25, 0.3) is 0 Å². The molecule has 3 heteroatoms. The predicted octanol–water partition coefficient (Wildman–Crippen LogP) is 1.29. The lowest BCUT2D eigenvalue weighted by Gasteiger charge is -1.98. The number of benzene rings is 1. The van der Waals surface area contributed by atoms with E-state index >= 15 is 0 Å². The highest BCUT2D eigenvalue weighted by atomic mass is 32.2. The summed E-state index contributed by atoms with van der Waals surface area (Å²) in [5.74, 6) is -0.0863. The molecule has 0 aliphatic carbocycles. The van der Waals surface area contributed by atoms with Crippen molar-refractivity contribution >= 4 is 9.84 Å². The Morgan fingerprint density at radius 2 is 1.73 bits per heavy atom. The first-order chi connectivity index (χ1) is 5.17. The minimum absolute atomic E-state index is 0.0863. The molecule has 0 heterocycles. The zero-order valence-electron chi connectivity index (χ0n) is 6.03. The lowest BCUT2D eigenvalue weighted by molar-refractivity contribution is 0.599. The van der Waals surface area contributed by atoms with Crippen LogP contribution in [0.3, 0.4) is 0 Å². The molecule has 0 aliphatic rings. The fourth-order valence-electron chi connectivity index (χ4n) is 0.746. The fourth-order valence-corrected chi connectivity index (χ4v) is 1.55. The van der Waals surface area contributed by atoms with Crippen molar-refractivity contribution in [2.24, 2.45) is 0 Å². The molecule has 0 saturated carbocycles. The van der Waals surface area contributed by atoms with Gasteiger partial charge in [-0.25, -0.2) is 8.42 Å². The van der Waals surface area contributed by atoms with Gasteiger partial charge in [-0.05, 0) is 19.1 Å². The van der Waals surface area contributed by atoms with E-state index in [9.17, 15) is 8.42 Å². The highest BCUT2D eigenvalue weighted by Crippen LogP contribution is 2.08. The van der Waals surface area contributed by atoms with Gasteiger partial charge in [0.2, 0.25) is 0 Å². The molecule has 59 valence electrons. The maximum absolute atomic E-state index is 11.1. The second-order valence-electron chi connectivity index (χ2n) is 2.13. The van der Waals surface area contributed by atoms with Gasteiger partial charge in [0.1, 0.15) is 0 Å². The standard InChI is InChI=1S/C8H9O2S/c1-2-11(9,10)8-6-4-3-5-7-8/h3-7H,1-2H2. The van der Waals surface area contributed by atoms with Gasteiger partial charge < -0.3 is 0 Å². The zero-order valence-corrected chi connectivity index (χ0v) is 6.84. The van der Waals surface area contributed by atoms with Crippen molar-refractivity contribution < 1.29 is 8.42 Å². The van der Waals surface area contributed by atoms with Crippen molar-refractivity contribution in [3.8, 4) is 0 Å². The van der Waals surface area contributed by atoms with Crippen molar-refractivity contribution in [3.05, 3.63) is 37.3 Å². The highest BCUT2D eigenvalue weighted by molar-refractivity contribution is 7.91. The van der Waals surface area contributed by atoms with Gasteiger partial charge in [-0.1, -0.05) is 18.2 Å². The molecule has 0 N–H and O–H groups in total. The van der Waals surface area contributed by atoms with E-state index in [1.54, 1.807) is 30.3 Å². The van der Waals surface area contributed by atoms with Crippen LogP contribution in [0.4, 0.5) is 0 Å². The van der Waals surface area contributed by atoms with Crippen molar-refractivity contribution in [3.63, 3.8) is 0 Å². The highest BCUT2D eigenvalue weighted by Gasteiger charge is 2.08. The topological polar surface area (TPSA) is 34.1 Å². The van der Waals surface area contributed by atoms with Crippen molar-refractivity contribution in [2.45, 2.75) is 4.90 Å². The van der Waals surface area contributed by atoms with Gasteiger partial charge in [-0.2, -0.15) is 0 Å². The Hall–Kier alpha value is -0.830. The second kappa shape index (κ2) is 3.05. The van der Waals surface area contributed by atoms with E-state index < -0.39 is 9.84 Å². The van der Waals surface area contributed by atoms with Crippen molar-refractivity contribution in [1.29, 1.82) is 0 Å². The average molecular weight is 169 g/mol. The van der Waals surface area contributed by atoms with Gasteiger partial charge in [0.25, 0.3) is 0 Å². The summed E-state index contributed by atoms with van der Waals surface area (Å²) in [5.41, 5.74) is 0. The average Bonchev–Trinajstić information content (AvgIpc) is 2.06. The molecule has 0 aromatic heterocycles. The van der Waals surface area contributed by atoms with Crippen LogP contribution >= 0.6 is 0 Å². The zero-order chi connectivity index (χ0) is 8.32. The maximum Gasteiger partial charge on any atom is 0.178 e. The lowest BCUT2D eigenvalue weighted by atomic mass is 10.4. The van der Waals surface area contributed by atoms with Crippen LogP contribution in [-0.4, -0.2) is 14.2 Å². The molecule has 0 bridgehead atoms. The van der Waals surface area contributed by atoms with Gasteiger partial charge >= 0.3 is 0 Å². The van der Waals surface area contributed by atoms with Crippen LogP contribution in [-0.2, 0) is 9.84 Å². The minimum Gasteiger partial charge on any atom is -0.224 e. The van der Waals surface area contributed by atoms with Crippen LogP contribution in [0, 0.1) is 6.92 Å². The minimum atomic E-state index is -3.11. The first-order valence-electron chi connectivity index (χ1n) is 3.24. The monoisotopic (exact) mass is 169 g/mol. The van der Waals surface area contributed by atoms with Crippen LogP contribution in [0.1, 0.15) is 0 Å². The Bertz CT molecular complexity index is 313. The van der Waals surface area contributed by atoms with E-state index in [0.717, 1.165) is 0 Å². The molecule has 0 spiro atoms. The predicted molar refractivity (Wildman–Crippen MR) is 43.9 cm³/mol. The molecule has 0 atom stereocenters. The molecule has 2 nitrogen and oxygen atoms in total. The van der Waals surface area contributed by atoms with E-state index in [0.29, 0.717) is 4.90 Å². The number of rotatable bonds is 2. The van der Waals surface area contributed by atoms with Gasteiger partial charge in [0.05, 0.1) is 10.6 Å². The summed E-state index contributed by atoms with van der Waals surface area (Å²) < 4.78 is 22.3. The summed E-state index contributed by atoms with van der Waals surface area (Å²) in [4.78, 5) is 0.343. The van der Waals surface area contributed by atoms with Crippen LogP contribution < -0.4 is 0 Å². The number of hydrogen-bond acceptors (Lipinski definition) is 2. The maximum atomic E-state index is 11.1. The summed E-state index contributed by atoms with van der Waals surface area (Å²) in [6.07, 6.45) is 0. The van der Waals surface area contributed by atoms with Gasteiger partial charge in [-0.3, -0.25) is 0 Å². The van der Waals surface area contributed by atoms with E-state index in [4.69, 9.17) is 0 Å². The molecular formula is C8H9O2S. The first kappa shape index (κ1) is 8.27. The normalized spacial score (nSPS) is 11.4. The van der Waals surface area contributed by atoms with Gasteiger partial charge in [-0.15, -0.1) is 0 Å². The molecule has 0 saturated heterocycles. The molecule has 1 rings (SSSR count). The summed E-state index contributed by atoms with van der Waals surface area (Å²) in [7, 11) is -3.11. The quantitative estimate of drug-likeness (QED) is 0.668. The molecule has 1 aromatic rings. The molecular weight excluding hydrogens is 160 g/mol. The Balaban J connectivity index is 3.14. The summed E-state index contributed by atoms with van der Waals surface area (Å²) in [5, 5.41) is 0. The Labute approximate surface area is 66.8 Å². The van der Waals surface area contributed by atoms with Crippen LogP contribution in [0.5, 0.6) is 0 Å². The van der Waals surface area contributed by atoms with E-state index in [1.807, 2.05) is 0 Å². The Morgan fingerprint density at radius 3 is 2.18 bits per heavy atom. The number of sulfone groups is 1. The molecule has 1 aromatic carbocycles. The van der Waals surface area contributed by atoms with Crippen molar-refractivity contribution in [1.82, 2.24) is 0 Å². The molecule has 1 radical (unpaired) electrons. The first-order valence-corrected chi connectivity index (χ1v) is 4.89. The summed E-state index contributed by atoms with van der Waals surface area (Å²) in [6, 6.07) is 8.31. The molecule has 0 amide bonds. The molecule has 0 fully saturated rings. The van der Waals surface area contributed by atoms with E-state index in [1.165, 1.54) is 0 Å². The lowest BCUT2D eigenvalue weighted by Crippen LogP contribution is -2.02. The van der Waals surface area contributed by atoms with Crippen molar-refractivity contribution in [2.75, 3.05) is 5.75 Å². The van der Waals surface area contributed by atoms with Crippen LogP contribution in [0.2, 0.25) is 0 Å². The smallest absolute Gasteiger partial charge is 0.178 e. The Morgan fingerprint density at radius 1 is 1.18 bits per heavy atom. The molecule has 0 unspecified atom stereocenters. The van der Waals surface area contributed by atoms with Crippen LogP contribution in [0.15, 0.2) is 35.2 Å². The third kappa shape index (κ3) is 1.80. The van der Waals surface area contributed by atoms with Gasteiger partial charge in [0, 0.05) is 0 Å². The van der Waals surface area contributed by atoms with E-state index in [-0.39, 0.29) is 5.75 Å². The molecule has 0 aliphatic heterocycles. The molecule has 11 heavy (non-hydrogen) atoms. The second-order valence-corrected chi connectivity index (χ2v) is 4.24. The van der Waals surface area contributed by atoms with E-state index in [2.05, 4.69) is 6.92 Å². The SMILES string of the molecule is [CH2]CS(=O)(=O)c1ccccc1. The third-order valence-electron chi connectivity index (χ3n) is 1.37. The largest absolute Gasteiger partial charge is 0.224 e. The summed E-state index contributed by atoms with van der Waals surface area (Å²) in [6.45, 7) is 3.35. The Kier molecular flexibility index (Phi) is 2.29. The summed E-state index contributed by atoms with van der Waals surface area (Å²) >= 11 is 0. The number of hydrogen-bond donors (Lipinski definition) is 0. The third-order valence-corrected chi connectivity index (χ3v) is 2.90. The van der Waals surface area contributed by atoms with Gasteiger partial charge in [0.15, 0.2) is 9.84 Å². The fraction of sp³-hybridized carbons (Fsp3) is 0.125.